The third-order valence-corrected chi connectivity index (χ3v) is 4.63. The van der Waals surface area contributed by atoms with Gasteiger partial charge in [0.1, 0.15) is 0 Å². The first-order valence-corrected chi connectivity index (χ1v) is 8.87. The van der Waals surface area contributed by atoms with Crippen LogP contribution in [0.4, 0.5) is 0 Å². The van der Waals surface area contributed by atoms with E-state index in [4.69, 9.17) is 5.73 Å². The Bertz CT molecular complexity index is 525. The van der Waals surface area contributed by atoms with Gasteiger partial charge in [-0.1, -0.05) is 37.3 Å². The summed E-state index contributed by atoms with van der Waals surface area (Å²) in [7, 11) is 0. The minimum absolute atomic E-state index is 0.143. The lowest BCUT2D eigenvalue weighted by atomic mass is 9.97. The molecule has 24 heavy (non-hydrogen) atoms. The third-order valence-electron chi connectivity index (χ3n) is 4.63. The number of likely N-dealkylation sites (tertiary alicyclic amines) is 1. The predicted molar refractivity (Wildman–Crippen MR) is 95.3 cm³/mol. The summed E-state index contributed by atoms with van der Waals surface area (Å²) in [5, 5.41) is 3.14. The van der Waals surface area contributed by atoms with E-state index in [9.17, 15) is 9.59 Å². The molecule has 132 valence electrons. The molecule has 0 bridgehead atoms. The van der Waals surface area contributed by atoms with Crippen LogP contribution in [0.1, 0.15) is 38.2 Å². The molecule has 0 radical (unpaired) electrons. The highest BCUT2D eigenvalue weighted by Gasteiger charge is 2.21. The van der Waals surface area contributed by atoms with Gasteiger partial charge in [-0.2, -0.15) is 0 Å². The van der Waals surface area contributed by atoms with Crippen LogP contribution in [-0.4, -0.2) is 42.4 Å². The van der Waals surface area contributed by atoms with E-state index in [1.54, 1.807) is 0 Å². The van der Waals surface area contributed by atoms with Gasteiger partial charge in [-0.05, 0) is 37.2 Å². The van der Waals surface area contributed by atoms with Gasteiger partial charge in [-0.15, -0.1) is 0 Å². The number of carbonyl (C=O) groups is 2. The number of hydrogen-bond acceptors (Lipinski definition) is 3. The monoisotopic (exact) mass is 331 g/mol. The molecule has 1 aliphatic heterocycles. The van der Waals surface area contributed by atoms with Gasteiger partial charge < -0.3 is 11.1 Å². The second kappa shape index (κ2) is 9.42. The van der Waals surface area contributed by atoms with E-state index in [1.165, 1.54) is 5.56 Å². The number of piperidine rings is 1. The maximum Gasteiger partial charge on any atom is 0.231 e. The first-order valence-electron chi connectivity index (χ1n) is 8.87. The molecular formula is C19H29N3O2. The molecule has 2 rings (SSSR count). The van der Waals surface area contributed by atoms with E-state index >= 15 is 0 Å². The molecule has 1 aliphatic rings. The summed E-state index contributed by atoms with van der Waals surface area (Å²) >= 11 is 0. The number of nitrogens with zero attached hydrogens (tertiary/aromatic N) is 1. The zero-order valence-corrected chi connectivity index (χ0v) is 14.5. The van der Waals surface area contributed by atoms with E-state index in [-0.39, 0.29) is 17.9 Å². The van der Waals surface area contributed by atoms with Crippen LogP contribution in [0.3, 0.4) is 0 Å². The molecule has 5 nitrogen and oxygen atoms in total. The average Bonchev–Trinajstić information content (AvgIpc) is 2.55. The van der Waals surface area contributed by atoms with Crippen LogP contribution in [0.5, 0.6) is 0 Å². The molecular weight excluding hydrogens is 302 g/mol. The van der Waals surface area contributed by atoms with Crippen molar-refractivity contribution in [2.24, 2.45) is 11.7 Å². The van der Waals surface area contributed by atoms with Crippen molar-refractivity contribution < 1.29 is 9.59 Å². The van der Waals surface area contributed by atoms with Crippen LogP contribution in [0.25, 0.3) is 0 Å². The number of hydrogen-bond donors (Lipinski definition) is 2. The molecule has 1 aromatic rings. The molecule has 0 saturated carbocycles. The van der Waals surface area contributed by atoms with Crippen molar-refractivity contribution in [3.63, 3.8) is 0 Å². The number of carbonyl (C=O) groups excluding carboxylic acids is 2. The number of rotatable bonds is 8. The lowest BCUT2D eigenvalue weighted by molar-refractivity contribution is -0.123. The van der Waals surface area contributed by atoms with E-state index in [0.29, 0.717) is 18.9 Å². The fourth-order valence-corrected chi connectivity index (χ4v) is 3.22. The van der Waals surface area contributed by atoms with E-state index in [1.807, 2.05) is 11.0 Å². The fourth-order valence-electron chi connectivity index (χ4n) is 3.22. The number of aryl methyl sites for hydroxylation is 1. The molecule has 3 N–H and O–H groups in total. The summed E-state index contributed by atoms with van der Waals surface area (Å²) in [5.74, 6) is 0.230. The summed E-state index contributed by atoms with van der Waals surface area (Å²) in [5.41, 5.74) is 6.54. The van der Waals surface area contributed by atoms with Crippen LogP contribution in [0.2, 0.25) is 0 Å². The largest absolute Gasteiger partial charge is 0.369 e. The normalized spacial score (nSPS) is 17.4. The standard InChI is InChI=1S/C19H29N3O2/c1-15(7-8-16-5-3-2-4-6-16)13-19(24)21-17-9-11-22(12-10-17)14-18(20)23/h2-6,15,17H,7-14H2,1H3,(H2,20,23)(H,21,24)/t15-/m1/s1. The second-order valence-electron chi connectivity index (χ2n) is 6.92. The third kappa shape index (κ3) is 6.71. The summed E-state index contributed by atoms with van der Waals surface area (Å²) in [6.07, 6.45) is 4.39. The molecule has 1 atom stereocenters. The van der Waals surface area contributed by atoms with Crippen molar-refractivity contribution >= 4 is 11.8 Å². The quantitative estimate of drug-likeness (QED) is 0.761. The average molecular weight is 331 g/mol. The van der Waals surface area contributed by atoms with Crippen molar-refractivity contribution in [2.45, 2.75) is 45.1 Å². The van der Waals surface area contributed by atoms with Gasteiger partial charge in [-0.3, -0.25) is 14.5 Å². The Balaban J connectivity index is 1.63. The highest BCUT2D eigenvalue weighted by Crippen LogP contribution is 2.14. The van der Waals surface area contributed by atoms with E-state index in [2.05, 4.69) is 36.5 Å². The van der Waals surface area contributed by atoms with Gasteiger partial charge in [0, 0.05) is 25.6 Å². The predicted octanol–water partition coefficient (Wildman–Crippen LogP) is 1.71. The Morgan fingerprint density at radius 1 is 1.25 bits per heavy atom. The fraction of sp³-hybridized carbons (Fsp3) is 0.579. The number of benzene rings is 1. The van der Waals surface area contributed by atoms with Gasteiger partial charge in [0.15, 0.2) is 0 Å². The second-order valence-corrected chi connectivity index (χ2v) is 6.92. The molecule has 1 fully saturated rings. The Kier molecular flexibility index (Phi) is 7.25. The zero-order chi connectivity index (χ0) is 17.4. The molecule has 5 heteroatoms. The molecule has 0 spiro atoms. The number of amides is 2. The summed E-state index contributed by atoms with van der Waals surface area (Å²) in [6, 6.07) is 10.6. The highest BCUT2D eigenvalue weighted by molar-refractivity contribution is 5.76. The zero-order valence-electron chi connectivity index (χ0n) is 14.5. The molecule has 0 aromatic heterocycles. The topological polar surface area (TPSA) is 75.4 Å². The van der Waals surface area contributed by atoms with Crippen molar-refractivity contribution in [3.8, 4) is 0 Å². The molecule has 0 aliphatic carbocycles. The smallest absolute Gasteiger partial charge is 0.231 e. The van der Waals surface area contributed by atoms with Crippen LogP contribution in [0, 0.1) is 5.92 Å². The van der Waals surface area contributed by atoms with Gasteiger partial charge >= 0.3 is 0 Å². The Labute approximate surface area is 144 Å². The summed E-state index contributed by atoms with van der Waals surface area (Å²) in [6.45, 7) is 4.09. The van der Waals surface area contributed by atoms with Gasteiger partial charge in [0.25, 0.3) is 0 Å². The van der Waals surface area contributed by atoms with Crippen LogP contribution in [-0.2, 0) is 16.0 Å². The molecule has 1 saturated heterocycles. The molecule has 1 aromatic carbocycles. The van der Waals surface area contributed by atoms with Gasteiger partial charge in [0.2, 0.25) is 11.8 Å². The van der Waals surface area contributed by atoms with Crippen LogP contribution >= 0.6 is 0 Å². The van der Waals surface area contributed by atoms with Crippen molar-refractivity contribution in [1.82, 2.24) is 10.2 Å². The Morgan fingerprint density at radius 3 is 2.54 bits per heavy atom. The Morgan fingerprint density at radius 2 is 1.92 bits per heavy atom. The maximum atomic E-state index is 12.2. The summed E-state index contributed by atoms with van der Waals surface area (Å²) in [4.78, 5) is 25.2. The van der Waals surface area contributed by atoms with Gasteiger partial charge in [-0.25, -0.2) is 0 Å². The first-order chi connectivity index (χ1) is 11.5. The summed E-state index contributed by atoms with van der Waals surface area (Å²) < 4.78 is 0. The highest BCUT2D eigenvalue weighted by atomic mass is 16.2. The number of nitrogens with one attached hydrogen (secondary N) is 1. The first kappa shape index (κ1) is 18.5. The lowest BCUT2D eigenvalue weighted by Crippen LogP contribution is -2.46. The Hall–Kier alpha value is -1.88. The lowest BCUT2D eigenvalue weighted by Gasteiger charge is -2.31. The maximum absolute atomic E-state index is 12.2. The number of nitrogens with two attached hydrogens (primary N) is 1. The van der Waals surface area contributed by atoms with Crippen LogP contribution in [0.15, 0.2) is 30.3 Å². The van der Waals surface area contributed by atoms with Crippen molar-refractivity contribution in [3.05, 3.63) is 35.9 Å². The SMILES string of the molecule is C[C@H](CCc1ccccc1)CC(=O)NC1CCN(CC(N)=O)CC1. The van der Waals surface area contributed by atoms with Crippen molar-refractivity contribution in [1.29, 1.82) is 0 Å². The molecule has 1 heterocycles. The number of primary amides is 1. The molecule has 0 unspecified atom stereocenters. The minimum atomic E-state index is -0.287. The van der Waals surface area contributed by atoms with E-state index < -0.39 is 0 Å². The van der Waals surface area contributed by atoms with Crippen molar-refractivity contribution in [2.75, 3.05) is 19.6 Å². The van der Waals surface area contributed by atoms with Gasteiger partial charge in [0.05, 0.1) is 6.54 Å². The van der Waals surface area contributed by atoms with E-state index in [0.717, 1.165) is 38.8 Å². The minimum Gasteiger partial charge on any atom is -0.369 e. The van der Waals surface area contributed by atoms with Crippen LogP contribution < -0.4 is 11.1 Å². The molecule has 2 amide bonds.